The minimum Gasteiger partial charge on any atom is -0.464 e. The number of hydroxylamine groups is 2. The molecule has 0 aromatic rings. The number of carbonyl (C=O) groups is 1. The lowest BCUT2D eigenvalue weighted by Gasteiger charge is -2.21. The van der Waals surface area contributed by atoms with Gasteiger partial charge in [0.15, 0.2) is 6.10 Å². The molecule has 0 aromatic heterocycles. The van der Waals surface area contributed by atoms with Crippen LogP contribution in [0.3, 0.4) is 0 Å². The lowest BCUT2D eigenvalue weighted by Crippen LogP contribution is -2.32. The Kier molecular flexibility index (Phi) is 6.19. The summed E-state index contributed by atoms with van der Waals surface area (Å²) in [5.74, 6) is -0.340. The first kappa shape index (κ1) is 14.7. The van der Waals surface area contributed by atoms with Gasteiger partial charge >= 0.3 is 5.97 Å². The fourth-order valence-corrected chi connectivity index (χ4v) is 2.33. The highest BCUT2D eigenvalue weighted by atomic mass is 35.5. The van der Waals surface area contributed by atoms with Gasteiger partial charge in [0.05, 0.1) is 18.0 Å². The van der Waals surface area contributed by atoms with Crippen LogP contribution in [-0.4, -0.2) is 53.9 Å². The third kappa shape index (κ3) is 4.10. The van der Waals surface area contributed by atoms with Crippen molar-refractivity contribution in [1.82, 2.24) is 5.06 Å². The molecule has 6 heteroatoms. The number of alkyl halides is 1. The number of halogens is 1. The minimum atomic E-state index is -0.555. The summed E-state index contributed by atoms with van der Waals surface area (Å²) in [6, 6.07) is -0.0161. The van der Waals surface area contributed by atoms with Crippen molar-refractivity contribution in [3.8, 4) is 0 Å². The van der Waals surface area contributed by atoms with Gasteiger partial charge in [0.1, 0.15) is 0 Å². The van der Waals surface area contributed by atoms with Crippen LogP contribution in [0.1, 0.15) is 26.2 Å². The van der Waals surface area contributed by atoms with Gasteiger partial charge in [-0.1, -0.05) is 0 Å². The van der Waals surface area contributed by atoms with Crippen molar-refractivity contribution in [2.45, 2.75) is 43.7 Å². The second-order valence-electron chi connectivity index (χ2n) is 4.08. The first-order valence-electron chi connectivity index (χ1n) is 5.91. The molecule has 1 fully saturated rings. The number of carbonyl (C=O) groups excluding carboxylic acids is 1. The summed E-state index contributed by atoms with van der Waals surface area (Å²) >= 11 is 6.22. The van der Waals surface area contributed by atoms with Crippen LogP contribution in [0.5, 0.6) is 0 Å². The number of esters is 1. The van der Waals surface area contributed by atoms with Crippen LogP contribution in [-0.2, 0) is 14.4 Å². The zero-order valence-electron chi connectivity index (χ0n) is 10.3. The average Bonchev–Trinajstić information content (AvgIpc) is 2.68. The van der Waals surface area contributed by atoms with Crippen molar-refractivity contribution >= 4 is 17.6 Å². The third-order valence-electron chi connectivity index (χ3n) is 2.82. The van der Waals surface area contributed by atoms with E-state index in [0.29, 0.717) is 25.9 Å². The van der Waals surface area contributed by atoms with Gasteiger partial charge in [0.2, 0.25) is 0 Å². The van der Waals surface area contributed by atoms with E-state index in [0.717, 1.165) is 0 Å². The molecular formula is C11H20ClNO4. The predicted molar refractivity (Wildman–Crippen MR) is 63.6 cm³/mol. The normalized spacial score (nSPS) is 27.1. The minimum absolute atomic E-state index is 0.0161. The Balaban J connectivity index is 2.45. The van der Waals surface area contributed by atoms with E-state index in [1.54, 1.807) is 19.0 Å². The van der Waals surface area contributed by atoms with Crippen LogP contribution in [0.2, 0.25) is 0 Å². The molecule has 1 saturated heterocycles. The Bertz CT molecular complexity index is 252. The van der Waals surface area contributed by atoms with Crippen LogP contribution in [0.15, 0.2) is 0 Å². The average molecular weight is 266 g/mol. The van der Waals surface area contributed by atoms with E-state index in [9.17, 15) is 4.79 Å². The monoisotopic (exact) mass is 265 g/mol. The number of hydrogen-bond donors (Lipinski definition) is 1. The Morgan fingerprint density at radius 1 is 1.71 bits per heavy atom. The molecule has 0 spiro atoms. The van der Waals surface area contributed by atoms with Crippen molar-refractivity contribution < 1.29 is 19.5 Å². The molecule has 0 amide bonds. The molecule has 0 aliphatic carbocycles. The SMILES string of the molecule is CCOC(=O)[C@H]1C[C@@H](C(Cl)CCCO)N(C)O1. The highest BCUT2D eigenvalue weighted by Gasteiger charge is 2.39. The first-order valence-corrected chi connectivity index (χ1v) is 6.35. The predicted octanol–water partition coefficient (Wildman–Crippen LogP) is 0.934. The first-order chi connectivity index (χ1) is 8.10. The molecule has 0 bridgehead atoms. The van der Waals surface area contributed by atoms with E-state index in [2.05, 4.69) is 0 Å². The van der Waals surface area contributed by atoms with E-state index >= 15 is 0 Å². The molecular weight excluding hydrogens is 246 g/mol. The lowest BCUT2D eigenvalue weighted by molar-refractivity contribution is -0.181. The van der Waals surface area contributed by atoms with Crippen molar-refractivity contribution in [1.29, 1.82) is 0 Å². The van der Waals surface area contributed by atoms with E-state index in [1.165, 1.54) is 0 Å². The summed E-state index contributed by atoms with van der Waals surface area (Å²) < 4.78 is 4.91. The molecule has 100 valence electrons. The lowest BCUT2D eigenvalue weighted by atomic mass is 10.0. The second-order valence-corrected chi connectivity index (χ2v) is 4.64. The molecule has 3 atom stereocenters. The number of ether oxygens (including phenoxy) is 1. The zero-order valence-corrected chi connectivity index (χ0v) is 11.0. The van der Waals surface area contributed by atoms with Crippen molar-refractivity contribution in [3.63, 3.8) is 0 Å². The van der Waals surface area contributed by atoms with E-state index in [-0.39, 0.29) is 24.0 Å². The number of aliphatic hydroxyl groups is 1. The summed E-state index contributed by atoms with van der Waals surface area (Å²) in [4.78, 5) is 16.9. The number of aliphatic hydroxyl groups excluding tert-OH is 1. The summed E-state index contributed by atoms with van der Waals surface area (Å²) in [5.41, 5.74) is 0. The molecule has 1 unspecified atom stereocenters. The Hall–Kier alpha value is -0.360. The summed E-state index contributed by atoms with van der Waals surface area (Å²) in [7, 11) is 1.76. The fourth-order valence-electron chi connectivity index (χ4n) is 1.92. The number of rotatable bonds is 6. The van der Waals surface area contributed by atoms with Crippen molar-refractivity contribution in [3.05, 3.63) is 0 Å². The maximum atomic E-state index is 11.5. The van der Waals surface area contributed by atoms with Crippen molar-refractivity contribution in [2.24, 2.45) is 0 Å². The highest BCUT2D eigenvalue weighted by molar-refractivity contribution is 6.21. The van der Waals surface area contributed by atoms with Gasteiger partial charge in [-0.25, -0.2) is 4.79 Å². The van der Waals surface area contributed by atoms with Gasteiger partial charge in [-0.05, 0) is 19.8 Å². The standard InChI is InChI=1S/C11H20ClNO4/c1-3-16-11(15)10-7-9(13(2)17-10)8(12)5-4-6-14/h8-10,14H,3-7H2,1-2H3/t8?,9-,10+/m0/s1. The largest absolute Gasteiger partial charge is 0.464 e. The van der Waals surface area contributed by atoms with E-state index in [1.807, 2.05) is 0 Å². The Labute approximate surface area is 107 Å². The maximum Gasteiger partial charge on any atom is 0.337 e. The number of nitrogens with zero attached hydrogens (tertiary/aromatic N) is 1. The molecule has 1 aliphatic rings. The van der Waals surface area contributed by atoms with Crippen LogP contribution < -0.4 is 0 Å². The van der Waals surface area contributed by atoms with Gasteiger partial charge in [-0.3, -0.25) is 4.84 Å². The van der Waals surface area contributed by atoms with Crippen LogP contribution in [0.4, 0.5) is 0 Å². The third-order valence-corrected chi connectivity index (χ3v) is 3.33. The Morgan fingerprint density at radius 3 is 3.00 bits per heavy atom. The second kappa shape index (κ2) is 7.16. The quantitative estimate of drug-likeness (QED) is 0.572. The van der Waals surface area contributed by atoms with Gasteiger partial charge in [0.25, 0.3) is 0 Å². The molecule has 0 radical (unpaired) electrons. The van der Waals surface area contributed by atoms with Crippen molar-refractivity contribution in [2.75, 3.05) is 20.3 Å². The van der Waals surface area contributed by atoms with Gasteiger partial charge in [-0.15, -0.1) is 11.6 Å². The van der Waals surface area contributed by atoms with Crippen LogP contribution in [0.25, 0.3) is 0 Å². The Morgan fingerprint density at radius 2 is 2.41 bits per heavy atom. The maximum absolute atomic E-state index is 11.5. The van der Waals surface area contributed by atoms with E-state index in [4.69, 9.17) is 26.3 Å². The molecule has 5 nitrogen and oxygen atoms in total. The smallest absolute Gasteiger partial charge is 0.337 e. The summed E-state index contributed by atoms with van der Waals surface area (Å²) in [6.07, 6.45) is 1.34. The molecule has 0 saturated carbocycles. The molecule has 1 rings (SSSR count). The topological polar surface area (TPSA) is 59.0 Å². The van der Waals surface area contributed by atoms with Crippen LogP contribution in [0, 0.1) is 0 Å². The van der Waals surface area contributed by atoms with Gasteiger partial charge in [0, 0.05) is 20.1 Å². The number of hydrogen-bond acceptors (Lipinski definition) is 5. The molecule has 17 heavy (non-hydrogen) atoms. The van der Waals surface area contributed by atoms with Gasteiger partial charge in [-0.2, -0.15) is 5.06 Å². The molecule has 0 aromatic carbocycles. The molecule has 1 aliphatic heterocycles. The molecule has 1 N–H and O–H groups in total. The van der Waals surface area contributed by atoms with Crippen LogP contribution >= 0.6 is 11.6 Å². The zero-order chi connectivity index (χ0) is 12.8. The summed E-state index contributed by atoms with van der Waals surface area (Å²) in [5, 5.41) is 10.2. The summed E-state index contributed by atoms with van der Waals surface area (Å²) in [6.45, 7) is 2.24. The van der Waals surface area contributed by atoms with Gasteiger partial charge < -0.3 is 9.84 Å². The van der Waals surface area contributed by atoms with E-state index < -0.39 is 6.10 Å². The highest BCUT2D eigenvalue weighted by Crippen LogP contribution is 2.27. The molecule has 1 heterocycles. The fraction of sp³-hybridized carbons (Fsp3) is 0.909.